The van der Waals surface area contributed by atoms with Crippen LogP contribution in [0.3, 0.4) is 0 Å². The summed E-state index contributed by atoms with van der Waals surface area (Å²) in [7, 11) is 1.57. The fraction of sp³-hybridized carbons (Fsp3) is 0.300. The first-order chi connectivity index (χ1) is 12.9. The predicted molar refractivity (Wildman–Crippen MR) is 109 cm³/mol. The van der Waals surface area contributed by atoms with Gasteiger partial charge in [-0.15, -0.1) is 0 Å². The van der Waals surface area contributed by atoms with Gasteiger partial charge in [0.15, 0.2) is 0 Å². The Labute approximate surface area is 164 Å². The maximum Gasteiger partial charge on any atom is 0.252 e. The van der Waals surface area contributed by atoms with Crippen molar-refractivity contribution in [1.82, 2.24) is 5.32 Å². The normalized spacial score (nSPS) is 10.4. The maximum absolute atomic E-state index is 12.1. The summed E-state index contributed by atoms with van der Waals surface area (Å²) in [6.07, 6.45) is 0. The number of rotatable bonds is 8. The number of carbonyl (C=O) groups is 2. The molecule has 0 heterocycles. The van der Waals surface area contributed by atoms with Crippen molar-refractivity contribution in [2.24, 2.45) is 0 Å². The van der Waals surface area contributed by atoms with E-state index in [1.165, 1.54) is 0 Å². The van der Waals surface area contributed by atoms with Crippen molar-refractivity contribution in [3.05, 3.63) is 58.1 Å². The lowest BCUT2D eigenvalue weighted by molar-refractivity contribution is -0.114. The molecule has 0 bridgehead atoms. The fourth-order valence-electron chi connectivity index (χ4n) is 2.50. The minimum Gasteiger partial charge on any atom is -0.383 e. The van der Waals surface area contributed by atoms with E-state index in [0.717, 1.165) is 16.8 Å². The zero-order valence-electron chi connectivity index (χ0n) is 15.7. The number of ether oxygens (including phenoxy) is 1. The molecule has 2 amide bonds. The number of hydrogen-bond donors (Lipinski definition) is 3. The van der Waals surface area contributed by atoms with E-state index in [1.807, 2.05) is 32.0 Å². The van der Waals surface area contributed by atoms with Gasteiger partial charge in [0.25, 0.3) is 5.91 Å². The van der Waals surface area contributed by atoms with Crippen molar-refractivity contribution in [3.63, 3.8) is 0 Å². The molecule has 2 aromatic carbocycles. The lowest BCUT2D eigenvalue weighted by atomic mass is 10.1. The number of anilines is 2. The van der Waals surface area contributed by atoms with E-state index in [2.05, 4.69) is 16.0 Å². The molecule has 0 saturated carbocycles. The van der Waals surface area contributed by atoms with Gasteiger partial charge < -0.3 is 20.7 Å². The summed E-state index contributed by atoms with van der Waals surface area (Å²) < 4.78 is 4.89. The standard InChI is InChI=1S/C20H24ClN3O3/c1-13-4-7-18(14(2)10-13)24-19(25)12-23-15-5-6-16(17(21)11-15)20(26)22-8-9-27-3/h4-7,10-11,23H,8-9,12H2,1-3H3,(H,22,26)(H,24,25). The van der Waals surface area contributed by atoms with Crippen molar-refractivity contribution in [2.75, 3.05) is 37.4 Å². The molecule has 7 heteroatoms. The number of nitrogens with one attached hydrogen (secondary N) is 3. The van der Waals surface area contributed by atoms with E-state index in [1.54, 1.807) is 25.3 Å². The first-order valence-corrected chi connectivity index (χ1v) is 8.96. The molecule has 2 rings (SSSR count). The Kier molecular flexibility index (Phi) is 7.64. The highest BCUT2D eigenvalue weighted by Crippen LogP contribution is 2.21. The lowest BCUT2D eigenvalue weighted by Gasteiger charge is -2.12. The Bertz CT molecular complexity index is 824. The van der Waals surface area contributed by atoms with Crippen LogP contribution in [0.25, 0.3) is 0 Å². The smallest absolute Gasteiger partial charge is 0.252 e. The highest BCUT2D eigenvalue weighted by atomic mass is 35.5. The molecule has 6 nitrogen and oxygen atoms in total. The molecule has 2 aromatic rings. The van der Waals surface area contributed by atoms with E-state index >= 15 is 0 Å². The van der Waals surface area contributed by atoms with Gasteiger partial charge in [-0.05, 0) is 43.7 Å². The quantitative estimate of drug-likeness (QED) is 0.605. The molecule has 144 valence electrons. The average molecular weight is 390 g/mol. The zero-order valence-corrected chi connectivity index (χ0v) is 16.4. The first kappa shape index (κ1) is 20.7. The van der Waals surface area contributed by atoms with Crippen molar-refractivity contribution in [2.45, 2.75) is 13.8 Å². The molecule has 0 radical (unpaired) electrons. The zero-order chi connectivity index (χ0) is 19.8. The van der Waals surface area contributed by atoms with Crippen LogP contribution in [0.1, 0.15) is 21.5 Å². The number of aryl methyl sites for hydroxylation is 2. The van der Waals surface area contributed by atoms with Gasteiger partial charge in [-0.3, -0.25) is 9.59 Å². The maximum atomic E-state index is 12.1. The van der Waals surface area contributed by atoms with Gasteiger partial charge in [-0.25, -0.2) is 0 Å². The number of amides is 2. The largest absolute Gasteiger partial charge is 0.383 e. The van der Waals surface area contributed by atoms with Crippen molar-refractivity contribution in [1.29, 1.82) is 0 Å². The highest BCUT2D eigenvalue weighted by Gasteiger charge is 2.11. The molecule has 0 spiro atoms. The minimum atomic E-state index is -0.267. The Morgan fingerprint density at radius 1 is 1.11 bits per heavy atom. The van der Waals surface area contributed by atoms with E-state index in [0.29, 0.717) is 29.4 Å². The second-order valence-electron chi connectivity index (χ2n) is 6.16. The van der Waals surface area contributed by atoms with Crippen LogP contribution in [0.5, 0.6) is 0 Å². The summed E-state index contributed by atoms with van der Waals surface area (Å²) in [5.41, 5.74) is 3.97. The van der Waals surface area contributed by atoms with E-state index in [4.69, 9.17) is 16.3 Å². The summed E-state index contributed by atoms with van der Waals surface area (Å²) in [5.74, 6) is -0.435. The molecule has 3 N–H and O–H groups in total. The summed E-state index contributed by atoms with van der Waals surface area (Å²) in [5, 5.41) is 8.90. The third kappa shape index (κ3) is 6.27. The monoisotopic (exact) mass is 389 g/mol. The Balaban J connectivity index is 1.91. The van der Waals surface area contributed by atoms with Gasteiger partial charge in [0, 0.05) is 25.0 Å². The molecule has 0 fully saturated rings. The van der Waals surface area contributed by atoms with Crippen LogP contribution < -0.4 is 16.0 Å². The second-order valence-corrected chi connectivity index (χ2v) is 6.57. The highest BCUT2D eigenvalue weighted by molar-refractivity contribution is 6.34. The van der Waals surface area contributed by atoms with Gasteiger partial charge in [-0.1, -0.05) is 29.3 Å². The SMILES string of the molecule is COCCNC(=O)c1ccc(NCC(=O)Nc2ccc(C)cc2C)cc1Cl. The van der Waals surface area contributed by atoms with Gasteiger partial charge in [0.2, 0.25) is 5.91 Å². The topological polar surface area (TPSA) is 79.5 Å². The third-order valence-corrected chi connectivity index (χ3v) is 4.23. The van der Waals surface area contributed by atoms with Crippen LogP contribution in [-0.4, -0.2) is 38.6 Å². The molecular formula is C20H24ClN3O3. The minimum absolute atomic E-state index is 0.0863. The molecule has 0 unspecified atom stereocenters. The summed E-state index contributed by atoms with van der Waals surface area (Å²) >= 11 is 6.19. The average Bonchev–Trinajstić information content (AvgIpc) is 2.62. The van der Waals surface area contributed by atoms with E-state index < -0.39 is 0 Å². The predicted octanol–water partition coefficient (Wildman–Crippen LogP) is 3.38. The Morgan fingerprint density at radius 2 is 1.89 bits per heavy atom. The lowest BCUT2D eigenvalue weighted by Crippen LogP contribution is -2.27. The molecule has 0 saturated heterocycles. The van der Waals surface area contributed by atoms with Crippen LogP contribution in [0, 0.1) is 13.8 Å². The summed E-state index contributed by atoms with van der Waals surface area (Å²) in [6.45, 7) is 4.88. The molecule has 27 heavy (non-hydrogen) atoms. The van der Waals surface area contributed by atoms with Crippen LogP contribution in [0.15, 0.2) is 36.4 Å². The Hall–Kier alpha value is -2.57. The summed E-state index contributed by atoms with van der Waals surface area (Å²) in [6, 6.07) is 10.8. The van der Waals surface area contributed by atoms with Crippen molar-refractivity contribution >= 4 is 34.8 Å². The molecule has 0 aliphatic heterocycles. The number of benzene rings is 2. The van der Waals surface area contributed by atoms with Crippen LogP contribution >= 0.6 is 11.6 Å². The van der Waals surface area contributed by atoms with E-state index in [9.17, 15) is 9.59 Å². The number of halogens is 1. The number of hydrogen-bond acceptors (Lipinski definition) is 4. The fourth-order valence-corrected chi connectivity index (χ4v) is 2.77. The van der Waals surface area contributed by atoms with Crippen LogP contribution in [0.4, 0.5) is 11.4 Å². The van der Waals surface area contributed by atoms with E-state index in [-0.39, 0.29) is 18.4 Å². The van der Waals surface area contributed by atoms with Crippen LogP contribution in [-0.2, 0) is 9.53 Å². The first-order valence-electron chi connectivity index (χ1n) is 8.58. The van der Waals surface area contributed by atoms with Crippen molar-refractivity contribution in [3.8, 4) is 0 Å². The van der Waals surface area contributed by atoms with Gasteiger partial charge in [-0.2, -0.15) is 0 Å². The second kappa shape index (κ2) is 9.94. The molecular weight excluding hydrogens is 366 g/mol. The molecule has 0 atom stereocenters. The summed E-state index contributed by atoms with van der Waals surface area (Å²) in [4.78, 5) is 24.2. The number of carbonyl (C=O) groups excluding carboxylic acids is 2. The Morgan fingerprint density at radius 3 is 2.56 bits per heavy atom. The molecule has 0 aliphatic rings. The molecule has 0 aromatic heterocycles. The molecule has 0 aliphatic carbocycles. The third-order valence-electron chi connectivity index (χ3n) is 3.91. The van der Waals surface area contributed by atoms with Gasteiger partial charge >= 0.3 is 0 Å². The van der Waals surface area contributed by atoms with Crippen LogP contribution in [0.2, 0.25) is 5.02 Å². The number of methoxy groups -OCH3 is 1. The van der Waals surface area contributed by atoms with Gasteiger partial charge in [0.05, 0.1) is 23.7 Å². The van der Waals surface area contributed by atoms with Crippen molar-refractivity contribution < 1.29 is 14.3 Å². The van der Waals surface area contributed by atoms with Gasteiger partial charge in [0.1, 0.15) is 0 Å².